The molecule has 1 amide bonds. The van der Waals surface area contributed by atoms with Gasteiger partial charge in [-0.3, -0.25) is 9.48 Å². The van der Waals surface area contributed by atoms with Gasteiger partial charge >= 0.3 is 0 Å². The van der Waals surface area contributed by atoms with Crippen molar-refractivity contribution in [1.29, 1.82) is 0 Å². The van der Waals surface area contributed by atoms with Gasteiger partial charge in [0, 0.05) is 31.8 Å². The zero-order valence-corrected chi connectivity index (χ0v) is 22.2. The monoisotopic (exact) mass is 542 g/mol. The smallest absolute Gasteiger partial charge is 0.274 e. The first-order valence-electron chi connectivity index (χ1n) is 13.0. The molecule has 2 heterocycles. The van der Waals surface area contributed by atoms with Crippen LogP contribution in [-0.2, 0) is 19.7 Å². The van der Waals surface area contributed by atoms with E-state index in [9.17, 15) is 14.3 Å². The van der Waals surface area contributed by atoms with Crippen LogP contribution in [0.1, 0.15) is 66.3 Å². The van der Waals surface area contributed by atoms with Crippen molar-refractivity contribution in [3.05, 3.63) is 58.5 Å². The number of nitrogens with one attached hydrogen (secondary N) is 1. The van der Waals surface area contributed by atoms with Crippen molar-refractivity contribution in [3.8, 4) is 5.88 Å². The van der Waals surface area contributed by atoms with Crippen molar-refractivity contribution in [2.24, 2.45) is 31.7 Å². The van der Waals surface area contributed by atoms with Crippen LogP contribution in [0.25, 0.3) is 0 Å². The number of nitrogens with two attached hydrogens (primary N) is 1. The summed E-state index contributed by atoms with van der Waals surface area (Å²) in [5, 5.41) is 18.9. The maximum absolute atomic E-state index is 13.5. The van der Waals surface area contributed by atoms with Crippen LogP contribution in [0.15, 0.2) is 30.6 Å². The van der Waals surface area contributed by atoms with Crippen molar-refractivity contribution in [1.82, 2.24) is 19.3 Å². The van der Waals surface area contributed by atoms with Crippen molar-refractivity contribution >= 4 is 23.2 Å². The van der Waals surface area contributed by atoms with E-state index in [4.69, 9.17) is 22.1 Å². The van der Waals surface area contributed by atoms with Crippen LogP contribution in [-0.4, -0.2) is 42.5 Å². The molecular formula is C27H32ClFN6O3. The van der Waals surface area contributed by atoms with Gasteiger partial charge in [-0.1, -0.05) is 11.6 Å². The predicted molar refractivity (Wildman–Crippen MR) is 140 cm³/mol. The molecule has 3 fully saturated rings. The van der Waals surface area contributed by atoms with E-state index in [0.717, 1.165) is 37.1 Å². The first kappa shape index (κ1) is 25.3. The Bertz CT molecular complexity index is 1390. The van der Waals surface area contributed by atoms with Gasteiger partial charge in [0.05, 0.1) is 28.3 Å². The van der Waals surface area contributed by atoms with Gasteiger partial charge < -0.3 is 25.5 Å². The lowest BCUT2D eigenvalue weighted by molar-refractivity contribution is 0.0263. The Hall–Kier alpha value is -2.95. The number of aryl methyl sites for hydroxylation is 2. The minimum absolute atomic E-state index is 0.0533. The van der Waals surface area contributed by atoms with Crippen LogP contribution in [0.2, 0.25) is 5.02 Å². The number of nitrogens with zero attached hydrogens (tertiary/aromatic N) is 4. The molecule has 0 saturated heterocycles. The number of halogens is 2. The van der Waals surface area contributed by atoms with Gasteiger partial charge in [-0.25, -0.2) is 9.37 Å². The third-order valence-corrected chi connectivity index (χ3v) is 8.81. The first-order chi connectivity index (χ1) is 18.0. The maximum atomic E-state index is 13.5. The van der Waals surface area contributed by atoms with Crippen molar-refractivity contribution in [2.45, 2.75) is 55.6 Å². The van der Waals surface area contributed by atoms with Crippen molar-refractivity contribution in [2.75, 3.05) is 11.9 Å². The average Bonchev–Trinajstić information content (AvgIpc) is 3.18. The SMILES string of the molecule is Cn1cnc(C2CC3CC(O)(c4cc(OCC5(N)CC5)nn4C)CC3C2)c1C(=O)Nc1ccc(F)c(Cl)c1. The van der Waals surface area contributed by atoms with E-state index in [0.29, 0.717) is 48.5 Å². The second kappa shape index (κ2) is 9.07. The Morgan fingerprint density at radius 1 is 1.26 bits per heavy atom. The molecular weight excluding hydrogens is 511 g/mol. The number of imidazole rings is 1. The molecule has 0 radical (unpaired) electrons. The number of amides is 1. The summed E-state index contributed by atoms with van der Waals surface area (Å²) in [6, 6.07) is 5.93. The first-order valence-corrected chi connectivity index (χ1v) is 13.4. The molecule has 6 rings (SSSR count). The fraction of sp³-hybridized carbons (Fsp3) is 0.519. The zero-order valence-electron chi connectivity index (χ0n) is 21.5. The van der Waals surface area contributed by atoms with Gasteiger partial charge in [-0.15, -0.1) is 5.10 Å². The molecule has 4 N–H and O–H groups in total. The van der Waals surface area contributed by atoms with Gasteiger partial charge in [-0.05, 0) is 68.6 Å². The number of benzene rings is 1. The molecule has 11 heteroatoms. The predicted octanol–water partition coefficient (Wildman–Crippen LogP) is 3.86. The summed E-state index contributed by atoms with van der Waals surface area (Å²) < 4.78 is 22.8. The number of hydrogen-bond donors (Lipinski definition) is 3. The number of aliphatic hydroxyl groups is 1. The number of fused-ring (bicyclic) bond motifs is 1. The van der Waals surface area contributed by atoms with Crippen LogP contribution in [0.3, 0.4) is 0 Å². The highest BCUT2D eigenvalue weighted by Gasteiger charge is 2.52. The summed E-state index contributed by atoms with van der Waals surface area (Å²) in [7, 11) is 3.62. The molecule has 9 nitrogen and oxygen atoms in total. The fourth-order valence-electron chi connectivity index (χ4n) is 6.35. The Kier molecular flexibility index (Phi) is 6.04. The topological polar surface area (TPSA) is 120 Å². The standard InChI is InChI=1S/C27H32ClFN6O3/c1-34-14-31-23(24(34)25(36)32-18-3-4-20(29)19(28)9-18)15-7-16-11-27(37,12-17(16)8-15)21-10-22(33-35(21)2)38-13-26(30)5-6-26/h3-4,9-10,14-17,37H,5-8,11-13,30H2,1-2H3,(H,32,36). The highest BCUT2D eigenvalue weighted by molar-refractivity contribution is 6.31. The van der Waals surface area contributed by atoms with Gasteiger partial charge in [0.1, 0.15) is 23.7 Å². The minimum atomic E-state index is -0.976. The van der Waals surface area contributed by atoms with Crippen molar-refractivity contribution < 1.29 is 19.0 Å². The molecule has 0 bridgehead atoms. The summed E-state index contributed by atoms with van der Waals surface area (Å²) >= 11 is 5.88. The highest BCUT2D eigenvalue weighted by atomic mass is 35.5. The number of ether oxygens (including phenoxy) is 1. The van der Waals surface area contributed by atoms with E-state index in [1.165, 1.54) is 18.2 Å². The number of aromatic nitrogens is 4. The van der Waals surface area contributed by atoms with E-state index >= 15 is 0 Å². The molecule has 2 aromatic heterocycles. The summed E-state index contributed by atoms with van der Waals surface area (Å²) in [6.45, 7) is 0.434. The summed E-state index contributed by atoms with van der Waals surface area (Å²) in [4.78, 5) is 17.8. The lowest BCUT2D eigenvalue weighted by Gasteiger charge is -2.24. The number of carbonyl (C=O) groups is 1. The molecule has 3 saturated carbocycles. The number of hydrogen-bond acceptors (Lipinski definition) is 6. The van der Waals surface area contributed by atoms with Crippen LogP contribution < -0.4 is 15.8 Å². The molecule has 3 aliphatic rings. The zero-order chi connectivity index (χ0) is 26.8. The molecule has 3 aliphatic carbocycles. The summed E-state index contributed by atoms with van der Waals surface area (Å²) in [6.07, 6.45) is 6.49. The Morgan fingerprint density at radius 2 is 1.97 bits per heavy atom. The Labute approximate surface area is 225 Å². The largest absolute Gasteiger partial charge is 0.475 e. The van der Waals surface area contributed by atoms with Crippen LogP contribution in [0.4, 0.5) is 10.1 Å². The maximum Gasteiger partial charge on any atom is 0.274 e. The van der Waals surface area contributed by atoms with Crippen LogP contribution in [0.5, 0.6) is 5.88 Å². The molecule has 2 atom stereocenters. The van der Waals surface area contributed by atoms with E-state index in [-0.39, 0.29) is 22.4 Å². The van der Waals surface area contributed by atoms with Crippen LogP contribution in [0, 0.1) is 17.7 Å². The molecule has 38 heavy (non-hydrogen) atoms. The number of anilines is 1. The highest BCUT2D eigenvalue weighted by Crippen LogP contribution is 2.57. The van der Waals surface area contributed by atoms with Gasteiger partial charge in [-0.2, -0.15) is 0 Å². The molecule has 3 aromatic rings. The third-order valence-electron chi connectivity index (χ3n) is 8.52. The summed E-state index contributed by atoms with van der Waals surface area (Å²) in [5.74, 6) is 0.352. The molecule has 1 aromatic carbocycles. The number of rotatable bonds is 7. The fourth-order valence-corrected chi connectivity index (χ4v) is 6.53. The lowest BCUT2D eigenvalue weighted by Crippen LogP contribution is -2.29. The van der Waals surface area contributed by atoms with Gasteiger partial charge in [0.15, 0.2) is 0 Å². The molecule has 202 valence electrons. The molecule has 2 unspecified atom stereocenters. The molecule has 0 spiro atoms. The summed E-state index contributed by atoms with van der Waals surface area (Å²) in [5.41, 5.74) is 7.33. The third kappa shape index (κ3) is 4.58. The second-order valence-corrected chi connectivity index (χ2v) is 11.9. The van der Waals surface area contributed by atoms with E-state index in [2.05, 4.69) is 15.4 Å². The van der Waals surface area contributed by atoms with E-state index in [1.54, 1.807) is 22.6 Å². The average molecular weight is 543 g/mol. The van der Waals surface area contributed by atoms with Crippen LogP contribution >= 0.6 is 11.6 Å². The Morgan fingerprint density at radius 3 is 2.63 bits per heavy atom. The quantitative estimate of drug-likeness (QED) is 0.417. The normalized spacial score (nSPS) is 27.4. The van der Waals surface area contributed by atoms with E-state index < -0.39 is 11.4 Å². The van der Waals surface area contributed by atoms with Crippen molar-refractivity contribution in [3.63, 3.8) is 0 Å². The number of carbonyl (C=O) groups excluding carboxylic acids is 1. The van der Waals surface area contributed by atoms with Gasteiger partial charge in [0.25, 0.3) is 5.91 Å². The van der Waals surface area contributed by atoms with Gasteiger partial charge in [0.2, 0.25) is 5.88 Å². The minimum Gasteiger partial charge on any atom is -0.475 e. The molecule has 0 aliphatic heterocycles. The lowest BCUT2D eigenvalue weighted by atomic mass is 9.90. The second-order valence-electron chi connectivity index (χ2n) is 11.4. The van der Waals surface area contributed by atoms with E-state index in [1.807, 2.05) is 13.1 Å². The Balaban J connectivity index is 1.14.